The van der Waals surface area contributed by atoms with Gasteiger partial charge in [0.15, 0.2) is 5.96 Å². The standard InChI is InChI=1S/C17H30N4OS/c1-14(13-21-6-8-22-9-7-21)11-19-17(18-3)20-12-15(2)16-5-4-10-23-16/h4-5,10,14-15H,6-9,11-13H2,1-3H3,(H2,18,19,20). The van der Waals surface area contributed by atoms with Crippen LogP contribution >= 0.6 is 11.3 Å². The lowest BCUT2D eigenvalue weighted by Gasteiger charge is -2.29. The maximum atomic E-state index is 5.40. The number of aliphatic imine (C=N–C) groups is 1. The van der Waals surface area contributed by atoms with Crippen LogP contribution in [0.5, 0.6) is 0 Å². The topological polar surface area (TPSA) is 48.9 Å². The van der Waals surface area contributed by atoms with E-state index in [-0.39, 0.29) is 0 Å². The molecule has 0 saturated carbocycles. The molecule has 0 radical (unpaired) electrons. The van der Waals surface area contributed by atoms with Gasteiger partial charge in [-0.3, -0.25) is 9.89 Å². The summed E-state index contributed by atoms with van der Waals surface area (Å²) in [6.45, 7) is 11.3. The third-order valence-electron chi connectivity index (χ3n) is 4.12. The Morgan fingerprint density at radius 3 is 2.70 bits per heavy atom. The first kappa shape index (κ1) is 18.2. The first-order valence-corrected chi connectivity index (χ1v) is 9.35. The van der Waals surface area contributed by atoms with Crippen LogP contribution in [0.3, 0.4) is 0 Å². The van der Waals surface area contributed by atoms with E-state index in [0.29, 0.717) is 11.8 Å². The van der Waals surface area contributed by atoms with Crippen LogP contribution in [-0.2, 0) is 4.74 Å². The van der Waals surface area contributed by atoms with E-state index in [2.05, 4.69) is 51.9 Å². The molecule has 1 aromatic heterocycles. The van der Waals surface area contributed by atoms with Crippen LogP contribution in [0.4, 0.5) is 0 Å². The van der Waals surface area contributed by atoms with Crippen molar-refractivity contribution in [2.75, 3.05) is 53.0 Å². The molecule has 0 aromatic carbocycles. The van der Waals surface area contributed by atoms with Crippen molar-refractivity contribution in [1.29, 1.82) is 0 Å². The van der Waals surface area contributed by atoms with Crippen LogP contribution in [0.15, 0.2) is 22.5 Å². The van der Waals surface area contributed by atoms with Gasteiger partial charge in [-0.05, 0) is 17.4 Å². The van der Waals surface area contributed by atoms with Gasteiger partial charge in [0.05, 0.1) is 13.2 Å². The molecule has 0 bridgehead atoms. The zero-order valence-electron chi connectivity index (χ0n) is 14.5. The Kier molecular flexibility index (Phi) is 7.85. The summed E-state index contributed by atoms with van der Waals surface area (Å²) in [5.41, 5.74) is 0. The quantitative estimate of drug-likeness (QED) is 0.590. The van der Waals surface area contributed by atoms with Crippen molar-refractivity contribution in [3.05, 3.63) is 22.4 Å². The number of hydrogen-bond acceptors (Lipinski definition) is 4. The molecule has 0 amide bonds. The number of guanidine groups is 1. The van der Waals surface area contributed by atoms with E-state index in [1.54, 1.807) is 0 Å². The van der Waals surface area contributed by atoms with Crippen LogP contribution in [0.1, 0.15) is 24.6 Å². The number of morpholine rings is 1. The fraction of sp³-hybridized carbons (Fsp3) is 0.706. The molecule has 1 fully saturated rings. The lowest BCUT2D eigenvalue weighted by Crippen LogP contribution is -2.44. The highest BCUT2D eigenvalue weighted by atomic mass is 32.1. The fourth-order valence-electron chi connectivity index (χ4n) is 2.70. The van der Waals surface area contributed by atoms with E-state index in [1.165, 1.54) is 4.88 Å². The highest BCUT2D eigenvalue weighted by Gasteiger charge is 2.14. The van der Waals surface area contributed by atoms with Crippen molar-refractivity contribution < 1.29 is 4.74 Å². The Labute approximate surface area is 144 Å². The molecule has 2 rings (SSSR count). The normalized spacial score (nSPS) is 19.3. The second-order valence-electron chi connectivity index (χ2n) is 6.27. The molecule has 0 aliphatic carbocycles. The number of rotatable bonds is 7. The second kappa shape index (κ2) is 9.90. The van der Waals surface area contributed by atoms with Crippen LogP contribution in [0.2, 0.25) is 0 Å². The maximum Gasteiger partial charge on any atom is 0.191 e. The molecule has 23 heavy (non-hydrogen) atoms. The van der Waals surface area contributed by atoms with Gasteiger partial charge in [0.2, 0.25) is 0 Å². The largest absolute Gasteiger partial charge is 0.379 e. The molecule has 6 heteroatoms. The average molecular weight is 339 g/mol. The number of hydrogen-bond donors (Lipinski definition) is 2. The van der Waals surface area contributed by atoms with Gasteiger partial charge in [-0.1, -0.05) is 19.9 Å². The molecular weight excluding hydrogens is 308 g/mol. The number of ether oxygens (including phenoxy) is 1. The van der Waals surface area contributed by atoms with Crippen LogP contribution in [0.25, 0.3) is 0 Å². The first-order chi connectivity index (χ1) is 11.2. The fourth-order valence-corrected chi connectivity index (χ4v) is 3.49. The summed E-state index contributed by atoms with van der Waals surface area (Å²) in [5.74, 6) is 1.97. The van der Waals surface area contributed by atoms with Crippen LogP contribution < -0.4 is 10.6 Å². The molecule has 1 aromatic rings. The number of nitrogens with one attached hydrogen (secondary N) is 2. The summed E-state index contributed by atoms with van der Waals surface area (Å²) < 4.78 is 5.40. The summed E-state index contributed by atoms with van der Waals surface area (Å²) in [6, 6.07) is 4.30. The highest BCUT2D eigenvalue weighted by molar-refractivity contribution is 7.10. The lowest BCUT2D eigenvalue weighted by molar-refractivity contribution is 0.0320. The van der Waals surface area contributed by atoms with Crippen molar-refractivity contribution in [3.8, 4) is 0 Å². The minimum absolute atomic E-state index is 0.499. The smallest absolute Gasteiger partial charge is 0.191 e. The summed E-state index contributed by atoms with van der Waals surface area (Å²) >= 11 is 1.81. The van der Waals surface area contributed by atoms with E-state index in [1.807, 2.05) is 18.4 Å². The molecule has 1 aliphatic rings. The number of thiophene rings is 1. The van der Waals surface area contributed by atoms with E-state index < -0.39 is 0 Å². The Balaban J connectivity index is 1.65. The minimum Gasteiger partial charge on any atom is -0.379 e. The monoisotopic (exact) mass is 338 g/mol. The van der Waals surface area contributed by atoms with Crippen molar-refractivity contribution in [2.24, 2.45) is 10.9 Å². The molecule has 2 atom stereocenters. The summed E-state index contributed by atoms with van der Waals surface area (Å²) in [7, 11) is 1.83. The van der Waals surface area contributed by atoms with E-state index in [0.717, 1.165) is 51.9 Å². The molecule has 130 valence electrons. The highest BCUT2D eigenvalue weighted by Crippen LogP contribution is 2.19. The summed E-state index contributed by atoms with van der Waals surface area (Å²) in [5, 5.41) is 9.00. The van der Waals surface area contributed by atoms with E-state index in [4.69, 9.17) is 4.74 Å². The lowest BCUT2D eigenvalue weighted by atomic mass is 10.1. The van der Waals surface area contributed by atoms with Gasteiger partial charge in [-0.25, -0.2) is 0 Å². The van der Waals surface area contributed by atoms with Crippen molar-refractivity contribution in [1.82, 2.24) is 15.5 Å². The SMILES string of the molecule is CN=C(NCC(C)CN1CCOCC1)NCC(C)c1cccs1. The predicted octanol–water partition coefficient (Wildman–Crippen LogP) is 1.98. The number of nitrogens with zero attached hydrogens (tertiary/aromatic N) is 2. The molecule has 2 N–H and O–H groups in total. The van der Waals surface area contributed by atoms with Crippen molar-refractivity contribution >= 4 is 17.3 Å². The predicted molar refractivity (Wildman–Crippen MR) is 98.5 cm³/mol. The van der Waals surface area contributed by atoms with Crippen molar-refractivity contribution in [2.45, 2.75) is 19.8 Å². The minimum atomic E-state index is 0.499. The van der Waals surface area contributed by atoms with Crippen molar-refractivity contribution in [3.63, 3.8) is 0 Å². The Hall–Kier alpha value is -1.11. The van der Waals surface area contributed by atoms with Crippen LogP contribution in [0, 0.1) is 5.92 Å². The maximum absolute atomic E-state index is 5.40. The molecule has 5 nitrogen and oxygen atoms in total. The van der Waals surface area contributed by atoms with E-state index >= 15 is 0 Å². The molecule has 2 unspecified atom stereocenters. The third-order valence-corrected chi connectivity index (χ3v) is 5.22. The molecule has 1 aliphatic heterocycles. The van der Waals surface area contributed by atoms with Crippen LogP contribution in [-0.4, -0.2) is 63.8 Å². The molecule has 1 saturated heterocycles. The summed E-state index contributed by atoms with van der Waals surface area (Å²) in [6.07, 6.45) is 0. The van der Waals surface area contributed by atoms with E-state index in [9.17, 15) is 0 Å². The third kappa shape index (κ3) is 6.49. The van der Waals surface area contributed by atoms with Gasteiger partial charge in [-0.15, -0.1) is 11.3 Å². The second-order valence-corrected chi connectivity index (χ2v) is 7.25. The van der Waals surface area contributed by atoms with Gasteiger partial charge in [0.1, 0.15) is 0 Å². The van der Waals surface area contributed by atoms with Gasteiger partial charge < -0.3 is 15.4 Å². The van der Waals surface area contributed by atoms with Gasteiger partial charge >= 0.3 is 0 Å². The average Bonchev–Trinajstić information content (AvgIpc) is 3.10. The Morgan fingerprint density at radius 1 is 1.30 bits per heavy atom. The Bertz CT molecular complexity index is 457. The molecular formula is C17H30N4OS. The zero-order valence-corrected chi connectivity index (χ0v) is 15.4. The molecule has 0 spiro atoms. The van der Waals surface area contributed by atoms with Gasteiger partial charge in [-0.2, -0.15) is 0 Å². The summed E-state index contributed by atoms with van der Waals surface area (Å²) in [4.78, 5) is 8.21. The van der Waals surface area contributed by atoms with Gasteiger partial charge in [0.25, 0.3) is 0 Å². The molecule has 2 heterocycles. The van der Waals surface area contributed by atoms with Gasteiger partial charge in [0, 0.05) is 50.6 Å². The Morgan fingerprint density at radius 2 is 2.04 bits per heavy atom. The zero-order chi connectivity index (χ0) is 16.5. The first-order valence-electron chi connectivity index (χ1n) is 8.47.